The summed E-state index contributed by atoms with van der Waals surface area (Å²) in [7, 11) is 0. The number of rotatable bonds is 2. The highest BCUT2D eigenvalue weighted by atomic mass is 16.5. The van der Waals surface area contributed by atoms with Gasteiger partial charge in [-0.05, 0) is 30.7 Å². The fourth-order valence-electron chi connectivity index (χ4n) is 3.14. The summed E-state index contributed by atoms with van der Waals surface area (Å²) in [6, 6.07) is 13.5. The second-order valence-electron chi connectivity index (χ2n) is 6.04. The lowest BCUT2D eigenvalue weighted by atomic mass is 10.0. The molecule has 7 nitrogen and oxygen atoms in total. The van der Waals surface area contributed by atoms with Crippen LogP contribution in [-0.4, -0.2) is 20.6 Å². The Morgan fingerprint density at radius 1 is 1.08 bits per heavy atom. The highest BCUT2D eigenvalue weighted by Gasteiger charge is 2.36. The van der Waals surface area contributed by atoms with Gasteiger partial charge in [-0.3, -0.25) is 9.78 Å². The molecule has 0 spiro atoms. The summed E-state index contributed by atoms with van der Waals surface area (Å²) in [5.74, 6) is -1.14. The molecule has 0 saturated carbocycles. The first-order valence-electron chi connectivity index (χ1n) is 7.92. The average molecular weight is 350 g/mol. The van der Waals surface area contributed by atoms with Gasteiger partial charge in [-0.1, -0.05) is 30.3 Å². The number of esters is 1. The number of aryl methyl sites for hydroxylation is 1. The molecule has 2 aromatic carbocycles. The molecule has 0 radical (unpaired) electrons. The molecule has 0 bridgehead atoms. The van der Waals surface area contributed by atoms with Crippen LogP contribution in [0, 0.1) is 6.92 Å². The van der Waals surface area contributed by atoms with Crippen molar-refractivity contribution in [3.8, 4) is 11.6 Å². The number of aromatic amines is 1. The van der Waals surface area contributed by atoms with Crippen molar-refractivity contribution < 1.29 is 14.6 Å². The van der Waals surface area contributed by atoms with E-state index in [1.54, 1.807) is 42.5 Å². The third-order valence-electron chi connectivity index (χ3n) is 4.33. The topological polar surface area (TPSA) is 101 Å². The van der Waals surface area contributed by atoms with Crippen LogP contribution in [0.5, 0.6) is 5.88 Å². The van der Waals surface area contributed by atoms with Crippen molar-refractivity contribution >= 4 is 5.97 Å². The Labute approximate surface area is 147 Å². The van der Waals surface area contributed by atoms with E-state index in [0.717, 1.165) is 10.1 Å². The minimum atomic E-state index is -1.08. The molecule has 7 heteroatoms. The van der Waals surface area contributed by atoms with Gasteiger partial charge >= 0.3 is 11.7 Å². The molecule has 1 aromatic heterocycles. The van der Waals surface area contributed by atoms with Crippen LogP contribution in [-0.2, 0) is 4.74 Å². The van der Waals surface area contributed by atoms with Crippen molar-refractivity contribution in [2.24, 2.45) is 0 Å². The third-order valence-corrected chi connectivity index (χ3v) is 4.33. The maximum absolute atomic E-state index is 12.4. The summed E-state index contributed by atoms with van der Waals surface area (Å²) >= 11 is 0. The Morgan fingerprint density at radius 3 is 2.62 bits per heavy atom. The van der Waals surface area contributed by atoms with Crippen LogP contribution in [0.2, 0.25) is 0 Å². The van der Waals surface area contributed by atoms with E-state index in [0.29, 0.717) is 16.8 Å². The van der Waals surface area contributed by atoms with Gasteiger partial charge in [-0.25, -0.2) is 14.2 Å². The lowest BCUT2D eigenvalue weighted by Crippen LogP contribution is -2.32. The van der Waals surface area contributed by atoms with E-state index < -0.39 is 29.2 Å². The number of cyclic esters (lactones) is 1. The van der Waals surface area contributed by atoms with Gasteiger partial charge in [0.1, 0.15) is 5.56 Å². The van der Waals surface area contributed by atoms with E-state index in [2.05, 4.69) is 4.98 Å². The van der Waals surface area contributed by atoms with Crippen LogP contribution in [0.25, 0.3) is 5.69 Å². The summed E-state index contributed by atoms with van der Waals surface area (Å²) in [4.78, 5) is 38.9. The summed E-state index contributed by atoms with van der Waals surface area (Å²) in [6.07, 6.45) is -1.08. The van der Waals surface area contributed by atoms with Crippen molar-refractivity contribution in [3.05, 3.63) is 91.6 Å². The first-order chi connectivity index (χ1) is 12.5. The minimum Gasteiger partial charge on any atom is -0.494 e. The van der Waals surface area contributed by atoms with E-state index in [-0.39, 0.29) is 5.56 Å². The number of carbonyl (C=O) groups excluding carboxylic acids is 1. The van der Waals surface area contributed by atoms with Crippen LogP contribution >= 0.6 is 0 Å². The number of aromatic nitrogens is 2. The van der Waals surface area contributed by atoms with E-state index in [1.807, 2.05) is 13.0 Å². The van der Waals surface area contributed by atoms with Gasteiger partial charge in [0.15, 0.2) is 6.10 Å². The number of hydrogen-bond acceptors (Lipinski definition) is 5. The predicted molar refractivity (Wildman–Crippen MR) is 92.8 cm³/mol. The van der Waals surface area contributed by atoms with Gasteiger partial charge in [0.05, 0.1) is 11.3 Å². The molecule has 2 heterocycles. The molecule has 1 aliphatic heterocycles. The summed E-state index contributed by atoms with van der Waals surface area (Å²) in [6.45, 7) is 1.84. The molecule has 4 rings (SSSR count). The number of H-pyrrole nitrogens is 1. The quantitative estimate of drug-likeness (QED) is 0.686. The van der Waals surface area contributed by atoms with Crippen molar-refractivity contribution in [1.29, 1.82) is 0 Å². The van der Waals surface area contributed by atoms with Crippen molar-refractivity contribution in [2.45, 2.75) is 13.0 Å². The molecule has 26 heavy (non-hydrogen) atoms. The zero-order chi connectivity index (χ0) is 18.4. The number of benzene rings is 2. The van der Waals surface area contributed by atoms with E-state index >= 15 is 0 Å². The first kappa shape index (κ1) is 15.9. The molecule has 1 aliphatic rings. The van der Waals surface area contributed by atoms with Crippen molar-refractivity contribution in [3.63, 3.8) is 0 Å². The summed E-state index contributed by atoms with van der Waals surface area (Å²) in [5, 5.41) is 10.7. The molecule has 0 saturated heterocycles. The van der Waals surface area contributed by atoms with Gasteiger partial charge in [0.2, 0.25) is 5.88 Å². The fourth-order valence-corrected chi connectivity index (χ4v) is 3.14. The fraction of sp³-hybridized carbons (Fsp3) is 0.105. The number of carbonyl (C=O) groups is 1. The van der Waals surface area contributed by atoms with Gasteiger partial charge in [0, 0.05) is 5.56 Å². The van der Waals surface area contributed by atoms with E-state index in [9.17, 15) is 19.5 Å². The number of fused-ring (bicyclic) bond motifs is 1. The van der Waals surface area contributed by atoms with E-state index in [4.69, 9.17) is 4.74 Å². The second kappa shape index (κ2) is 5.73. The lowest BCUT2D eigenvalue weighted by Gasteiger charge is -2.15. The van der Waals surface area contributed by atoms with Crippen LogP contribution in [0.1, 0.15) is 33.2 Å². The number of ether oxygens (including phenoxy) is 1. The Bertz CT molecular complexity index is 1160. The Kier molecular flexibility index (Phi) is 3.50. The minimum absolute atomic E-state index is 0.190. The highest BCUT2D eigenvalue weighted by Crippen LogP contribution is 2.37. The molecule has 3 aromatic rings. The molecule has 0 amide bonds. The monoisotopic (exact) mass is 350 g/mol. The van der Waals surface area contributed by atoms with Crippen LogP contribution in [0.3, 0.4) is 0 Å². The van der Waals surface area contributed by atoms with Crippen molar-refractivity contribution in [1.82, 2.24) is 9.55 Å². The maximum atomic E-state index is 12.4. The Hall–Kier alpha value is -3.61. The second-order valence-corrected chi connectivity index (χ2v) is 6.04. The SMILES string of the molecule is Cc1cccc(-n2c(O)c([C@H]3OC(=O)c4ccccc43)c(=O)[nH]c2=O)c1. The van der Waals surface area contributed by atoms with Gasteiger partial charge in [-0.15, -0.1) is 0 Å². The summed E-state index contributed by atoms with van der Waals surface area (Å²) in [5.41, 5.74) is 0.286. The van der Waals surface area contributed by atoms with Crippen LogP contribution < -0.4 is 11.2 Å². The van der Waals surface area contributed by atoms with E-state index in [1.165, 1.54) is 0 Å². The first-order valence-corrected chi connectivity index (χ1v) is 7.92. The number of nitrogens with one attached hydrogen (secondary N) is 1. The Morgan fingerprint density at radius 2 is 1.85 bits per heavy atom. The predicted octanol–water partition coefficient (Wildman–Crippen LogP) is 1.80. The standard InChI is InChI=1S/C19H14N2O5/c1-10-5-4-6-11(9-10)21-17(23)14(16(22)20-19(21)25)15-12-7-2-3-8-13(12)18(24)26-15/h2-9,15,23H,1H3,(H,20,22,25)/t15-/m0/s1. The van der Waals surface area contributed by atoms with Gasteiger partial charge in [-0.2, -0.15) is 0 Å². The molecule has 0 fully saturated rings. The number of nitrogens with zero attached hydrogens (tertiary/aromatic N) is 1. The average Bonchev–Trinajstić information content (AvgIpc) is 2.92. The number of aromatic hydroxyl groups is 1. The third kappa shape index (κ3) is 2.33. The lowest BCUT2D eigenvalue weighted by molar-refractivity contribution is 0.0449. The molecular weight excluding hydrogens is 336 g/mol. The van der Waals surface area contributed by atoms with Crippen LogP contribution in [0.15, 0.2) is 58.1 Å². The van der Waals surface area contributed by atoms with Gasteiger partial charge < -0.3 is 9.84 Å². The normalized spacial score (nSPS) is 15.6. The highest BCUT2D eigenvalue weighted by molar-refractivity contribution is 5.94. The molecule has 1 atom stereocenters. The smallest absolute Gasteiger partial charge is 0.339 e. The molecule has 0 aliphatic carbocycles. The zero-order valence-electron chi connectivity index (χ0n) is 13.7. The summed E-state index contributed by atoms with van der Waals surface area (Å²) < 4.78 is 6.28. The Balaban J connectivity index is 1.97. The largest absolute Gasteiger partial charge is 0.494 e. The molecular formula is C19H14N2O5. The van der Waals surface area contributed by atoms with Crippen LogP contribution in [0.4, 0.5) is 0 Å². The molecule has 130 valence electrons. The number of hydrogen-bond donors (Lipinski definition) is 2. The zero-order valence-corrected chi connectivity index (χ0v) is 13.7. The van der Waals surface area contributed by atoms with Crippen molar-refractivity contribution in [2.75, 3.05) is 0 Å². The molecule has 0 unspecified atom stereocenters. The maximum Gasteiger partial charge on any atom is 0.339 e. The molecule has 2 N–H and O–H groups in total. The van der Waals surface area contributed by atoms with Gasteiger partial charge in [0.25, 0.3) is 5.56 Å².